The lowest BCUT2D eigenvalue weighted by Gasteiger charge is -2.15. The fourth-order valence-electron chi connectivity index (χ4n) is 0.838. The molecule has 0 aliphatic heterocycles. The first kappa shape index (κ1) is 12.1. The first-order valence-corrected chi connectivity index (χ1v) is 4.12. The lowest BCUT2D eigenvalue weighted by molar-refractivity contribution is -0.134. The molecule has 0 aromatic rings. The molecule has 76 valence electrons. The Hall–Kier alpha value is -0.870. The van der Waals surface area contributed by atoms with Gasteiger partial charge in [-0.2, -0.15) is 0 Å². The van der Waals surface area contributed by atoms with E-state index in [1.165, 1.54) is 26.4 Å². The lowest BCUT2D eigenvalue weighted by Crippen LogP contribution is -2.25. The van der Waals surface area contributed by atoms with Crippen molar-refractivity contribution in [1.82, 2.24) is 0 Å². The molecule has 0 heterocycles. The SMILES string of the molecule is CC[C@H](O)C(/C=C/C(=O)OC)OC. The third-order valence-corrected chi connectivity index (χ3v) is 1.69. The molecular formula is C9H16O4. The van der Waals surface area contributed by atoms with Crippen LogP contribution in [0.15, 0.2) is 12.2 Å². The Balaban J connectivity index is 4.11. The molecule has 0 saturated heterocycles. The first-order valence-electron chi connectivity index (χ1n) is 4.12. The van der Waals surface area contributed by atoms with Crippen LogP contribution in [0.2, 0.25) is 0 Å². The normalized spacial score (nSPS) is 15.7. The van der Waals surface area contributed by atoms with Gasteiger partial charge in [-0.1, -0.05) is 6.92 Å². The Morgan fingerprint density at radius 1 is 1.54 bits per heavy atom. The summed E-state index contributed by atoms with van der Waals surface area (Å²) in [5, 5.41) is 9.37. The van der Waals surface area contributed by atoms with Crippen molar-refractivity contribution in [2.75, 3.05) is 14.2 Å². The highest BCUT2D eigenvalue weighted by atomic mass is 16.5. The maximum Gasteiger partial charge on any atom is 0.330 e. The molecule has 0 amide bonds. The number of aliphatic hydroxyl groups is 1. The van der Waals surface area contributed by atoms with Crippen LogP contribution in [0.25, 0.3) is 0 Å². The van der Waals surface area contributed by atoms with Crippen molar-refractivity contribution in [3.05, 3.63) is 12.2 Å². The van der Waals surface area contributed by atoms with Crippen LogP contribution >= 0.6 is 0 Å². The molecule has 0 bridgehead atoms. The number of carbonyl (C=O) groups excluding carboxylic acids is 1. The van der Waals surface area contributed by atoms with E-state index < -0.39 is 18.2 Å². The Morgan fingerprint density at radius 2 is 2.15 bits per heavy atom. The summed E-state index contributed by atoms with van der Waals surface area (Å²) >= 11 is 0. The van der Waals surface area contributed by atoms with E-state index in [4.69, 9.17) is 4.74 Å². The highest BCUT2D eigenvalue weighted by Crippen LogP contribution is 2.03. The second-order valence-electron chi connectivity index (χ2n) is 2.56. The maximum atomic E-state index is 10.7. The van der Waals surface area contributed by atoms with Crippen molar-refractivity contribution in [2.24, 2.45) is 0 Å². The number of methoxy groups -OCH3 is 2. The Labute approximate surface area is 78.2 Å². The number of hydrogen-bond donors (Lipinski definition) is 1. The molecule has 0 spiro atoms. The van der Waals surface area contributed by atoms with Crippen LogP contribution in [0.5, 0.6) is 0 Å². The summed E-state index contributed by atoms with van der Waals surface area (Å²) in [4.78, 5) is 10.7. The summed E-state index contributed by atoms with van der Waals surface area (Å²) in [7, 11) is 2.77. The minimum absolute atomic E-state index is 0.453. The largest absolute Gasteiger partial charge is 0.466 e. The smallest absolute Gasteiger partial charge is 0.330 e. The lowest BCUT2D eigenvalue weighted by atomic mass is 10.1. The molecule has 1 N–H and O–H groups in total. The molecule has 0 aliphatic carbocycles. The molecule has 0 radical (unpaired) electrons. The van der Waals surface area contributed by atoms with Gasteiger partial charge in [0.05, 0.1) is 13.2 Å². The monoisotopic (exact) mass is 188 g/mol. The first-order chi connectivity index (χ1) is 6.15. The molecule has 0 aromatic heterocycles. The van der Waals surface area contributed by atoms with Gasteiger partial charge in [-0.3, -0.25) is 0 Å². The van der Waals surface area contributed by atoms with Gasteiger partial charge in [0.2, 0.25) is 0 Å². The molecule has 0 rings (SSSR count). The van der Waals surface area contributed by atoms with Crippen LogP contribution in [-0.2, 0) is 14.3 Å². The van der Waals surface area contributed by atoms with Gasteiger partial charge in [-0.25, -0.2) is 4.79 Å². The number of esters is 1. The topological polar surface area (TPSA) is 55.8 Å². The zero-order chi connectivity index (χ0) is 10.3. The molecule has 4 heteroatoms. The van der Waals surface area contributed by atoms with Gasteiger partial charge in [0.15, 0.2) is 0 Å². The molecule has 0 aromatic carbocycles. The van der Waals surface area contributed by atoms with Gasteiger partial charge < -0.3 is 14.6 Å². The average molecular weight is 188 g/mol. The fourth-order valence-corrected chi connectivity index (χ4v) is 0.838. The van der Waals surface area contributed by atoms with E-state index >= 15 is 0 Å². The summed E-state index contributed by atoms with van der Waals surface area (Å²) in [5.41, 5.74) is 0. The van der Waals surface area contributed by atoms with Crippen LogP contribution in [0.4, 0.5) is 0 Å². The van der Waals surface area contributed by atoms with E-state index in [1.807, 2.05) is 6.92 Å². The molecule has 0 fully saturated rings. The number of aliphatic hydroxyl groups excluding tert-OH is 1. The summed E-state index contributed by atoms with van der Waals surface area (Å²) < 4.78 is 9.35. The third-order valence-electron chi connectivity index (χ3n) is 1.69. The zero-order valence-corrected chi connectivity index (χ0v) is 8.19. The number of ether oxygens (including phenoxy) is 2. The van der Waals surface area contributed by atoms with Gasteiger partial charge >= 0.3 is 5.97 Å². The predicted molar refractivity (Wildman–Crippen MR) is 48.3 cm³/mol. The minimum atomic E-state index is -0.592. The average Bonchev–Trinajstić information content (AvgIpc) is 2.17. The van der Waals surface area contributed by atoms with Crippen LogP contribution in [-0.4, -0.2) is 37.5 Å². The Kier molecular flexibility index (Phi) is 6.18. The summed E-state index contributed by atoms with van der Waals surface area (Å²) in [5.74, 6) is -0.453. The number of hydrogen-bond acceptors (Lipinski definition) is 4. The van der Waals surface area contributed by atoms with E-state index in [9.17, 15) is 9.90 Å². The highest BCUT2D eigenvalue weighted by Gasteiger charge is 2.13. The Morgan fingerprint density at radius 3 is 2.54 bits per heavy atom. The summed E-state index contributed by atoms with van der Waals surface area (Å²) in [6.07, 6.45) is 2.26. The van der Waals surface area contributed by atoms with E-state index in [-0.39, 0.29) is 0 Å². The highest BCUT2D eigenvalue weighted by molar-refractivity contribution is 5.81. The predicted octanol–water partition coefficient (Wildman–Crippen LogP) is 0.501. The fraction of sp³-hybridized carbons (Fsp3) is 0.667. The quantitative estimate of drug-likeness (QED) is 0.504. The van der Waals surface area contributed by atoms with Crippen molar-refractivity contribution >= 4 is 5.97 Å². The van der Waals surface area contributed by atoms with Crippen LogP contribution < -0.4 is 0 Å². The second kappa shape index (κ2) is 6.62. The number of carbonyl (C=O) groups is 1. The van der Waals surface area contributed by atoms with Crippen molar-refractivity contribution in [2.45, 2.75) is 25.6 Å². The van der Waals surface area contributed by atoms with Gasteiger partial charge in [0.1, 0.15) is 6.10 Å². The van der Waals surface area contributed by atoms with Crippen LogP contribution in [0.1, 0.15) is 13.3 Å². The molecule has 4 nitrogen and oxygen atoms in total. The van der Waals surface area contributed by atoms with Crippen molar-refractivity contribution in [3.8, 4) is 0 Å². The maximum absolute atomic E-state index is 10.7. The summed E-state index contributed by atoms with van der Waals surface area (Å²) in [6, 6.07) is 0. The minimum Gasteiger partial charge on any atom is -0.466 e. The second-order valence-corrected chi connectivity index (χ2v) is 2.56. The standard InChI is InChI=1S/C9H16O4/c1-4-7(10)8(12-2)5-6-9(11)13-3/h5-8,10H,4H2,1-3H3/b6-5+/t7-,8?/m0/s1. The van der Waals surface area contributed by atoms with E-state index in [1.54, 1.807) is 0 Å². The zero-order valence-electron chi connectivity index (χ0n) is 8.19. The molecule has 1 unspecified atom stereocenters. The van der Waals surface area contributed by atoms with E-state index in [2.05, 4.69) is 4.74 Å². The van der Waals surface area contributed by atoms with Crippen molar-refractivity contribution in [3.63, 3.8) is 0 Å². The van der Waals surface area contributed by atoms with Gasteiger partial charge in [0.25, 0.3) is 0 Å². The van der Waals surface area contributed by atoms with Gasteiger partial charge in [0, 0.05) is 13.2 Å². The molecular weight excluding hydrogens is 172 g/mol. The van der Waals surface area contributed by atoms with Gasteiger partial charge in [-0.05, 0) is 12.5 Å². The molecule has 0 saturated carbocycles. The summed E-state index contributed by atoms with van der Waals surface area (Å²) in [6.45, 7) is 1.84. The third kappa shape index (κ3) is 4.65. The molecule has 2 atom stereocenters. The van der Waals surface area contributed by atoms with E-state index in [0.29, 0.717) is 6.42 Å². The van der Waals surface area contributed by atoms with E-state index in [0.717, 1.165) is 0 Å². The molecule has 13 heavy (non-hydrogen) atoms. The number of rotatable bonds is 5. The van der Waals surface area contributed by atoms with Crippen LogP contribution in [0.3, 0.4) is 0 Å². The Bertz CT molecular complexity index is 176. The van der Waals surface area contributed by atoms with Crippen LogP contribution in [0, 0.1) is 0 Å². The van der Waals surface area contributed by atoms with Gasteiger partial charge in [-0.15, -0.1) is 0 Å². The van der Waals surface area contributed by atoms with Crippen molar-refractivity contribution < 1.29 is 19.4 Å². The van der Waals surface area contributed by atoms with Crippen molar-refractivity contribution in [1.29, 1.82) is 0 Å². The molecule has 0 aliphatic rings.